The minimum atomic E-state index is -0.880. The number of thiophene rings is 1. The molecule has 0 spiro atoms. The molecule has 0 saturated carbocycles. The molecule has 0 fully saturated rings. The summed E-state index contributed by atoms with van der Waals surface area (Å²) in [4.78, 5) is 11.4. The zero-order chi connectivity index (χ0) is 10.1. The van der Waals surface area contributed by atoms with Crippen molar-refractivity contribution in [1.82, 2.24) is 0 Å². The third-order valence-electron chi connectivity index (χ3n) is 1.65. The predicted octanol–water partition coefficient (Wildman–Crippen LogP) is 2.16. The van der Waals surface area contributed by atoms with E-state index >= 15 is 0 Å². The van der Waals surface area contributed by atoms with Crippen LogP contribution in [0.3, 0.4) is 0 Å². The average molecular weight is 264 g/mol. The van der Waals surface area contributed by atoms with E-state index in [1.807, 2.05) is 12.1 Å². The van der Waals surface area contributed by atoms with E-state index in [4.69, 9.17) is 10.8 Å². The van der Waals surface area contributed by atoms with Crippen molar-refractivity contribution in [2.45, 2.75) is 18.9 Å². The van der Waals surface area contributed by atoms with Crippen molar-refractivity contribution in [3.05, 3.63) is 20.8 Å². The summed E-state index contributed by atoms with van der Waals surface area (Å²) in [6.07, 6.45) is -0.0556. The van der Waals surface area contributed by atoms with Crippen LogP contribution >= 0.6 is 27.3 Å². The summed E-state index contributed by atoms with van der Waals surface area (Å²) in [6.45, 7) is 1.72. The summed E-state index contributed by atoms with van der Waals surface area (Å²) in [5, 5.41) is 8.63. The van der Waals surface area contributed by atoms with Crippen molar-refractivity contribution in [1.29, 1.82) is 0 Å². The number of halogens is 1. The standard InChI is InChI=1S/C8H10BrNO2S/c1-8(10,4-7(11)12)5-2-3-6(9)13-5/h2-3H,4,10H2,1H3,(H,11,12). The molecule has 1 aromatic rings. The molecule has 0 amide bonds. The van der Waals surface area contributed by atoms with Gasteiger partial charge in [0.15, 0.2) is 0 Å². The summed E-state index contributed by atoms with van der Waals surface area (Å²) in [7, 11) is 0. The highest BCUT2D eigenvalue weighted by Crippen LogP contribution is 2.31. The van der Waals surface area contributed by atoms with E-state index in [2.05, 4.69) is 15.9 Å². The van der Waals surface area contributed by atoms with Crippen molar-refractivity contribution in [3.8, 4) is 0 Å². The Labute approximate surface area is 88.7 Å². The molecule has 1 unspecified atom stereocenters. The first kappa shape index (κ1) is 10.7. The molecule has 1 rings (SSSR count). The first-order valence-corrected chi connectivity index (χ1v) is 5.29. The Bertz CT molecular complexity index is 322. The van der Waals surface area contributed by atoms with Crippen molar-refractivity contribution in [3.63, 3.8) is 0 Å². The molecule has 1 atom stereocenters. The zero-order valence-corrected chi connectivity index (χ0v) is 9.48. The van der Waals surface area contributed by atoms with E-state index in [0.717, 1.165) is 8.66 Å². The van der Waals surface area contributed by atoms with Crippen LogP contribution in [0.25, 0.3) is 0 Å². The highest BCUT2D eigenvalue weighted by molar-refractivity contribution is 9.11. The lowest BCUT2D eigenvalue weighted by Gasteiger charge is -2.20. The van der Waals surface area contributed by atoms with Gasteiger partial charge in [-0.3, -0.25) is 4.79 Å². The molecule has 1 heterocycles. The molecule has 0 aromatic carbocycles. The van der Waals surface area contributed by atoms with E-state index in [0.29, 0.717) is 0 Å². The molecule has 0 bridgehead atoms. The number of carboxylic acids is 1. The van der Waals surface area contributed by atoms with Gasteiger partial charge in [-0.05, 0) is 35.0 Å². The average Bonchev–Trinajstić information content (AvgIpc) is 2.32. The Morgan fingerprint density at radius 1 is 1.77 bits per heavy atom. The van der Waals surface area contributed by atoms with Gasteiger partial charge in [-0.2, -0.15) is 0 Å². The van der Waals surface area contributed by atoms with Crippen molar-refractivity contribution < 1.29 is 9.90 Å². The van der Waals surface area contributed by atoms with Crippen molar-refractivity contribution in [2.24, 2.45) is 5.73 Å². The molecule has 0 aliphatic heterocycles. The molecule has 0 aliphatic carbocycles. The molecule has 0 aliphatic rings. The number of carbonyl (C=O) groups is 1. The zero-order valence-electron chi connectivity index (χ0n) is 7.08. The van der Waals surface area contributed by atoms with E-state index in [1.165, 1.54) is 11.3 Å². The quantitative estimate of drug-likeness (QED) is 0.879. The third kappa shape index (κ3) is 2.79. The first-order chi connectivity index (χ1) is 5.92. The summed E-state index contributed by atoms with van der Waals surface area (Å²) in [5.41, 5.74) is 5.09. The monoisotopic (exact) mass is 263 g/mol. The lowest BCUT2D eigenvalue weighted by atomic mass is 9.97. The van der Waals surface area contributed by atoms with Crippen LogP contribution in [0.5, 0.6) is 0 Å². The summed E-state index contributed by atoms with van der Waals surface area (Å²) in [6, 6.07) is 3.71. The fraction of sp³-hybridized carbons (Fsp3) is 0.375. The van der Waals surface area contributed by atoms with Gasteiger partial charge in [-0.1, -0.05) is 0 Å². The van der Waals surface area contributed by atoms with Crippen LogP contribution in [0.1, 0.15) is 18.2 Å². The van der Waals surface area contributed by atoms with Gasteiger partial charge in [0.25, 0.3) is 0 Å². The Morgan fingerprint density at radius 2 is 2.38 bits per heavy atom. The molecule has 13 heavy (non-hydrogen) atoms. The van der Waals surface area contributed by atoms with Crippen LogP contribution in [0.15, 0.2) is 15.9 Å². The van der Waals surface area contributed by atoms with Crippen LogP contribution in [-0.4, -0.2) is 11.1 Å². The van der Waals surface area contributed by atoms with Crippen LogP contribution < -0.4 is 5.73 Å². The van der Waals surface area contributed by atoms with E-state index < -0.39 is 11.5 Å². The van der Waals surface area contributed by atoms with Crippen LogP contribution in [0, 0.1) is 0 Å². The molecule has 0 radical (unpaired) electrons. The second-order valence-electron chi connectivity index (χ2n) is 3.09. The molecule has 3 N–H and O–H groups in total. The normalized spacial score (nSPS) is 15.3. The largest absolute Gasteiger partial charge is 0.481 e. The maximum Gasteiger partial charge on any atom is 0.305 e. The lowest BCUT2D eigenvalue weighted by molar-refractivity contribution is -0.138. The molecule has 1 aromatic heterocycles. The maximum atomic E-state index is 10.5. The lowest BCUT2D eigenvalue weighted by Crippen LogP contribution is -2.34. The summed E-state index contributed by atoms with van der Waals surface area (Å²) in [5.74, 6) is -0.880. The number of hydrogen-bond acceptors (Lipinski definition) is 3. The Balaban J connectivity index is 2.86. The smallest absolute Gasteiger partial charge is 0.305 e. The van der Waals surface area contributed by atoms with Crippen molar-refractivity contribution in [2.75, 3.05) is 0 Å². The van der Waals surface area contributed by atoms with Gasteiger partial charge >= 0.3 is 5.97 Å². The van der Waals surface area contributed by atoms with Gasteiger partial charge in [0.2, 0.25) is 0 Å². The number of aliphatic carboxylic acids is 1. The van der Waals surface area contributed by atoms with Gasteiger partial charge in [-0.25, -0.2) is 0 Å². The minimum Gasteiger partial charge on any atom is -0.481 e. The number of rotatable bonds is 3. The molecule has 5 heteroatoms. The predicted molar refractivity (Wildman–Crippen MR) is 55.8 cm³/mol. The summed E-state index contributed by atoms with van der Waals surface area (Å²) >= 11 is 4.77. The topological polar surface area (TPSA) is 63.3 Å². The molecule has 3 nitrogen and oxygen atoms in total. The molecule has 72 valence electrons. The van der Waals surface area contributed by atoms with Gasteiger partial charge in [0, 0.05) is 4.88 Å². The second-order valence-corrected chi connectivity index (χ2v) is 5.55. The SMILES string of the molecule is CC(N)(CC(=O)O)c1ccc(Br)s1. The Kier molecular flexibility index (Phi) is 3.10. The highest BCUT2D eigenvalue weighted by Gasteiger charge is 2.26. The van der Waals surface area contributed by atoms with Gasteiger partial charge in [0.1, 0.15) is 0 Å². The third-order valence-corrected chi connectivity index (χ3v) is 3.56. The molecular formula is C8H10BrNO2S. The van der Waals surface area contributed by atoms with Crippen molar-refractivity contribution >= 4 is 33.2 Å². The number of carboxylic acid groups (broad SMARTS) is 1. The molecule has 0 saturated heterocycles. The minimum absolute atomic E-state index is 0.0556. The Morgan fingerprint density at radius 3 is 2.77 bits per heavy atom. The fourth-order valence-electron chi connectivity index (χ4n) is 1.02. The second kappa shape index (κ2) is 3.77. The van der Waals surface area contributed by atoms with Gasteiger partial charge in [0.05, 0.1) is 15.7 Å². The fourth-order valence-corrected chi connectivity index (χ4v) is 2.47. The first-order valence-electron chi connectivity index (χ1n) is 3.68. The maximum absolute atomic E-state index is 10.5. The number of hydrogen-bond donors (Lipinski definition) is 2. The number of nitrogens with two attached hydrogens (primary N) is 1. The van der Waals surface area contributed by atoms with E-state index in [-0.39, 0.29) is 6.42 Å². The van der Waals surface area contributed by atoms with Gasteiger partial charge < -0.3 is 10.8 Å². The van der Waals surface area contributed by atoms with Crippen LogP contribution in [0.4, 0.5) is 0 Å². The molecular weight excluding hydrogens is 254 g/mol. The van der Waals surface area contributed by atoms with Crippen LogP contribution in [-0.2, 0) is 10.3 Å². The highest BCUT2D eigenvalue weighted by atomic mass is 79.9. The Hall–Kier alpha value is -0.390. The summed E-state index contributed by atoms with van der Waals surface area (Å²) < 4.78 is 0.963. The van der Waals surface area contributed by atoms with Gasteiger partial charge in [-0.15, -0.1) is 11.3 Å². The van der Waals surface area contributed by atoms with Crippen LogP contribution in [0.2, 0.25) is 0 Å². The van der Waals surface area contributed by atoms with E-state index in [9.17, 15) is 4.79 Å². The van der Waals surface area contributed by atoms with E-state index in [1.54, 1.807) is 6.92 Å².